The average molecular weight is 311 g/mol. The van der Waals surface area contributed by atoms with Crippen molar-refractivity contribution in [3.63, 3.8) is 0 Å². The molecule has 0 unspecified atom stereocenters. The first-order valence-corrected chi connectivity index (χ1v) is 7.74. The molecular weight excluding hydrogens is 292 g/mol. The van der Waals surface area contributed by atoms with Gasteiger partial charge in [0.05, 0.1) is 5.69 Å². The van der Waals surface area contributed by atoms with Crippen molar-refractivity contribution in [1.29, 1.82) is 0 Å². The van der Waals surface area contributed by atoms with Gasteiger partial charge in [-0.05, 0) is 47.5 Å². The minimum absolute atomic E-state index is 0.000483. The SMILES string of the molecule is CC1CCC(c2nc(C3CC3)c(Br)c(=O)[nH]2)CC1. The zero-order valence-electron chi connectivity index (χ0n) is 10.7. The molecule has 1 heterocycles. The lowest BCUT2D eigenvalue weighted by Crippen LogP contribution is -2.20. The molecule has 0 amide bonds. The largest absolute Gasteiger partial charge is 0.309 e. The van der Waals surface area contributed by atoms with Crippen LogP contribution in [-0.4, -0.2) is 9.97 Å². The predicted octanol–water partition coefficient (Wildman–Crippen LogP) is 3.70. The number of H-pyrrole nitrogens is 1. The van der Waals surface area contributed by atoms with Crippen LogP contribution in [0.5, 0.6) is 0 Å². The summed E-state index contributed by atoms with van der Waals surface area (Å²) in [4.78, 5) is 19.7. The van der Waals surface area contributed by atoms with Crippen molar-refractivity contribution in [2.75, 3.05) is 0 Å². The van der Waals surface area contributed by atoms with Crippen LogP contribution in [0.15, 0.2) is 9.27 Å². The molecule has 0 aromatic carbocycles. The second-order valence-electron chi connectivity index (χ2n) is 5.88. The normalized spacial score (nSPS) is 28.3. The van der Waals surface area contributed by atoms with Crippen molar-refractivity contribution in [2.45, 2.75) is 57.3 Å². The van der Waals surface area contributed by atoms with Crippen LogP contribution in [0.3, 0.4) is 0 Å². The molecule has 0 saturated heterocycles. The molecule has 2 aliphatic carbocycles. The van der Waals surface area contributed by atoms with Crippen LogP contribution in [0, 0.1) is 5.92 Å². The van der Waals surface area contributed by atoms with E-state index in [1.54, 1.807) is 0 Å². The van der Waals surface area contributed by atoms with Gasteiger partial charge in [-0.2, -0.15) is 0 Å². The zero-order chi connectivity index (χ0) is 12.7. The summed E-state index contributed by atoms with van der Waals surface area (Å²) >= 11 is 3.38. The van der Waals surface area contributed by atoms with Crippen LogP contribution >= 0.6 is 15.9 Å². The highest BCUT2D eigenvalue weighted by molar-refractivity contribution is 9.10. The zero-order valence-corrected chi connectivity index (χ0v) is 12.3. The number of nitrogens with zero attached hydrogens (tertiary/aromatic N) is 1. The smallest absolute Gasteiger partial charge is 0.265 e. The van der Waals surface area contributed by atoms with Gasteiger partial charge in [0, 0.05) is 11.8 Å². The summed E-state index contributed by atoms with van der Waals surface area (Å²) in [7, 11) is 0. The Hall–Kier alpha value is -0.640. The number of hydrogen-bond acceptors (Lipinski definition) is 2. The molecule has 0 aliphatic heterocycles. The van der Waals surface area contributed by atoms with Crippen LogP contribution in [0.2, 0.25) is 0 Å². The summed E-state index contributed by atoms with van der Waals surface area (Å²) in [6.45, 7) is 2.31. The van der Waals surface area contributed by atoms with Crippen LogP contribution in [-0.2, 0) is 0 Å². The predicted molar refractivity (Wildman–Crippen MR) is 74.9 cm³/mol. The fraction of sp³-hybridized carbons (Fsp3) is 0.714. The highest BCUT2D eigenvalue weighted by Gasteiger charge is 2.30. The van der Waals surface area contributed by atoms with Gasteiger partial charge in [-0.1, -0.05) is 19.8 Å². The number of aromatic amines is 1. The molecule has 1 N–H and O–H groups in total. The van der Waals surface area contributed by atoms with E-state index in [1.807, 2.05) is 0 Å². The van der Waals surface area contributed by atoms with E-state index in [4.69, 9.17) is 4.98 Å². The molecule has 2 fully saturated rings. The third kappa shape index (κ3) is 2.40. The van der Waals surface area contributed by atoms with E-state index in [0.717, 1.165) is 30.3 Å². The summed E-state index contributed by atoms with van der Waals surface area (Å²) in [5, 5.41) is 0. The fourth-order valence-electron chi connectivity index (χ4n) is 2.85. The number of aromatic nitrogens is 2. The molecule has 0 spiro atoms. The first-order chi connectivity index (χ1) is 8.65. The number of halogens is 1. The Morgan fingerprint density at radius 2 is 1.72 bits per heavy atom. The Morgan fingerprint density at radius 3 is 2.33 bits per heavy atom. The molecule has 4 heteroatoms. The molecule has 3 nitrogen and oxygen atoms in total. The summed E-state index contributed by atoms with van der Waals surface area (Å²) in [6.07, 6.45) is 7.19. The van der Waals surface area contributed by atoms with Gasteiger partial charge in [0.1, 0.15) is 10.3 Å². The molecule has 2 aliphatic rings. The van der Waals surface area contributed by atoms with Crippen LogP contribution in [0.25, 0.3) is 0 Å². The third-order valence-corrected chi connectivity index (χ3v) is 5.04. The first-order valence-electron chi connectivity index (χ1n) is 6.94. The highest BCUT2D eigenvalue weighted by atomic mass is 79.9. The van der Waals surface area contributed by atoms with Crippen molar-refractivity contribution < 1.29 is 0 Å². The van der Waals surface area contributed by atoms with Crippen LogP contribution < -0.4 is 5.56 Å². The van der Waals surface area contributed by atoms with Crippen LogP contribution in [0.4, 0.5) is 0 Å². The molecule has 18 heavy (non-hydrogen) atoms. The van der Waals surface area contributed by atoms with Gasteiger partial charge in [0.25, 0.3) is 5.56 Å². The molecule has 3 rings (SSSR count). The van der Waals surface area contributed by atoms with Crippen LogP contribution in [0.1, 0.15) is 68.8 Å². The number of rotatable bonds is 2. The van der Waals surface area contributed by atoms with E-state index >= 15 is 0 Å². The van der Waals surface area contributed by atoms with Gasteiger partial charge >= 0.3 is 0 Å². The average Bonchev–Trinajstić information content (AvgIpc) is 3.18. The van der Waals surface area contributed by atoms with Crippen molar-refractivity contribution in [2.24, 2.45) is 5.92 Å². The Morgan fingerprint density at radius 1 is 1.11 bits per heavy atom. The van der Waals surface area contributed by atoms with Gasteiger partial charge in [-0.25, -0.2) is 4.98 Å². The van der Waals surface area contributed by atoms with Gasteiger partial charge in [-0.3, -0.25) is 4.79 Å². The third-order valence-electron chi connectivity index (χ3n) is 4.27. The number of hydrogen-bond donors (Lipinski definition) is 1. The van der Waals surface area contributed by atoms with E-state index in [2.05, 4.69) is 27.8 Å². The monoisotopic (exact) mass is 310 g/mol. The molecule has 2 saturated carbocycles. The Bertz CT molecular complexity index is 499. The quantitative estimate of drug-likeness (QED) is 0.905. The first kappa shape index (κ1) is 12.4. The number of nitrogens with one attached hydrogen (secondary N) is 1. The maximum Gasteiger partial charge on any atom is 0.265 e. The van der Waals surface area contributed by atoms with E-state index < -0.39 is 0 Å². The van der Waals surface area contributed by atoms with Crippen molar-refractivity contribution in [3.05, 3.63) is 26.3 Å². The topological polar surface area (TPSA) is 45.8 Å². The summed E-state index contributed by atoms with van der Waals surface area (Å²) in [6, 6.07) is 0. The standard InChI is InChI=1S/C14H19BrN2O/c1-8-2-4-10(5-3-8)13-16-12(9-6-7-9)11(15)14(18)17-13/h8-10H,2-7H2,1H3,(H,16,17,18). The van der Waals surface area contributed by atoms with E-state index in [0.29, 0.717) is 16.3 Å². The Labute approximate surface area is 116 Å². The molecule has 98 valence electrons. The highest BCUT2D eigenvalue weighted by Crippen LogP contribution is 2.42. The van der Waals surface area contributed by atoms with Gasteiger partial charge < -0.3 is 4.98 Å². The van der Waals surface area contributed by atoms with Gasteiger partial charge in [-0.15, -0.1) is 0 Å². The fourth-order valence-corrected chi connectivity index (χ4v) is 3.36. The molecule has 0 atom stereocenters. The van der Waals surface area contributed by atoms with Crippen molar-refractivity contribution in [1.82, 2.24) is 9.97 Å². The minimum Gasteiger partial charge on any atom is -0.309 e. The molecule has 0 bridgehead atoms. The van der Waals surface area contributed by atoms with E-state index in [-0.39, 0.29) is 5.56 Å². The Balaban J connectivity index is 1.90. The molecule has 1 aromatic heterocycles. The lowest BCUT2D eigenvalue weighted by Gasteiger charge is -2.25. The maximum absolute atomic E-state index is 12.0. The second kappa shape index (κ2) is 4.80. The van der Waals surface area contributed by atoms with E-state index in [1.165, 1.54) is 25.7 Å². The maximum atomic E-state index is 12.0. The lowest BCUT2D eigenvalue weighted by atomic mass is 9.82. The van der Waals surface area contributed by atoms with Gasteiger partial charge in [0.15, 0.2) is 0 Å². The van der Waals surface area contributed by atoms with Gasteiger partial charge in [0.2, 0.25) is 0 Å². The Kier molecular flexibility index (Phi) is 3.31. The lowest BCUT2D eigenvalue weighted by molar-refractivity contribution is 0.338. The second-order valence-corrected chi connectivity index (χ2v) is 6.67. The summed E-state index contributed by atoms with van der Waals surface area (Å²) < 4.78 is 0.651. The summed E-state index contributed by atoms with van der Waals surface area (Å²) in [5.74, 6) is 2.73. The molecule has 0 radical (unpaired) electrons. The van der Waals surface area contributed by atoms with Crippen molar-refractivity contribution >= 4 is 15.9 Å². The molecule has 1 aromatic rings. The summed E-state index contributed by atoms with van der Waals surface area (Å²) in [5.41, 5.74) is 0.993. The van der Waals surface area contributed by atoms with Crippen molar-refractivity contribution in [3.8, 4) is 0 Å². The minimum atomic E-state index is 0.000483. The van der Waals surface area contributed by atoms with E-state index in [9.17, 15) is 4.79 Å². The molecular formula is C14H19BrN2O.